The lowest BCUT2D eigenvalue weighted by molar-refractivity contribution is -0.122. The van der Waals surface area contributed by atoms with E-state index in [2.05, 4.69) is 16.0 Å². The van der Waals surface area contributed by atoms with Gasteiger partial charge in [0.15, 0.2) is 0 Å². The van der Waals surface area contributed by atoms with Crippen LogP contribution in [0.2, 0.25) is 0 Å². The average Bonchev–Trinajstić information content (AvgIpc) is 2.67. The molecule has 1 atom stereocenters. The number of rotatable bonds is 7. The molecule has 0 bridgehead atoms. The van der Waals surface area contributed by atoms with Crippen LogP contribution in [0.3, 0.4) is 0 Å². The number of nitrogens with one attached hydrogen (secondary N) is 3. The lowest BCUT2D eigenvalue weighted by Crippen LogP contribution is -2.47. The Morgan fingerprint density at radius 2 is 1.77 bits per heavy atom. The summed E-state index contributed by atoms with van der Waals surface area (Å²) in [6.07, 6.45) is 1.37. The zero-order valence-electron chi connectivity index (χ0n) is 15.3. The smallest absolute Gasteiger partial charge is 0.319 e. The molecule has 138 valence electrons. The first kappa shape index (κ1) is 19.3. The van der Waals surface area contributed by atoms with Crippen molar-refractivity contribution in [3.05, 3.63) is 48.5 Å². The van der Waals surface area contributed by atoms with Crippen molar-refractivity contribution in [2.24, 2.45) is 0 Å². The molecule has 0 fully saturated rings. The third-order valence-corrected chi connectivity index (χ3v) is 4.02. The van der Waals surface area contributed by atoms with Crippen molar-refractivity contribution in [3.8, 4) is 16.9 Å². The molecule has 0 aliphatic carbocycles. The summed E-state index contributed by atoms with van der Waals surface area (Å²) in [6, 6.07) is 14.2. The Balaban J connectivity index is 2.16. The molecule has 6 heteroatoms. The van der Waals surface area contributed by atoms with Crippen LogP contribution >= 0.6 is 0 Å². The number of para-hydroxylation sites is 1. The minimum Gasteiger partial charge on any atom is -0.497 e. The van der Waals surface area contributed by atoms with Gasteiger partial charge in [-0.2, -0.15) is 0 Å². The molecule has 3 N–H and O–H groups in total. The maximum atomic E-state index is 12.4. The van der Waals surface area contributed by atoms with E-state index in [1.165, 1.54) is 0 Å². The zero-order chi connectivity index (χ0) is 18.9. The average molecular weight is 355 g/mol. The summed E-state index contributed by atoms with van der Waals surface area (Å²) in [7, 11) is 3.18. The molecule has 26 heavy (non-hydrogen) atoms. The van der Waals surface area contributed by atoms with Crippen LogP contribution in [0.15, 0.2) is 48.5 Å². The van der Waals surface area contributed by atoms with Crippen LogP contribution in [-0.4, -0.2) is 32.1 Å². The highest BCUT2D eigenvalue weighted by Crippen LogP contribution is 2.29. The molecule has 2 aromatic rings. The van der Waals surface area contributed by atoms with Gasteiger partial charge in [-0.25, -0.2) is 4.79 Å². The highest BCUT2D eigenvalue weighted by Gasteiger charge is 2.19. The summed E-state index contributed by atoms with van der Waals surface area (Å²) in [4.78, 5) is 24.3. The van der Waals surface area contributed by atoms with Crippen molar-refractivity contribution in [1.82, 2.24) is 10.6 Å². The lowest BCUT2D eigenvalue weighted by Gasteiger charge is -2.18. The topological polar surface area (TPSA) is 79.5 Å². The highest BCUT2D eigenvalue weighted by atomic mass is 16.5. The molecule has 0 radical (unpaired) electrons. The Morgan fingerprint density at radius 3 is 2.38 bits per heavy atom. The van der Waals surface area contributed by atoms with Crippen LogP contribution in [0, 0.1) is 0 Å². The fraction of sp³-hybridized carbons (Fsp3) is 0.300. The van der Waals surface area contributed by atoms with E-state index in [0.29, 0.717) is 12.1 Å². The van der Waals surface area contributed by atoms with Crippen molar-refractivity contribution < 1.29 is 14.3 Å². The second-order valence-corrected chi connectivity index (χ2v) is 5.83. The first-order valence-electron chi connectivity index (χ1n) is 8.61. The largest absolute Gasteiger partial charge is 0.497 e. The van der Waals surface area contributed by atoms with E-state index in [0.717, 1.165) is 23.3 Å². The zero-order valence-corrected chi connectivity index (χ0v) is 15.3. The number of anilines is 1. The number of benzene rings is 2. The van der Waals surface area contributed by atoms with E-state index in [1.807, 2.05) is 55.5 Å². The van der Waals surface area contributed by atoms with Crippen LogP contribution < -0.4 is 20.7 Å². The van der Waals surface area contributed by atoms with E-state index >= 15 is 0 Å². The summed E-state index contributed by atoms with van der Waals surface area (Å²) in [5, 5.41) is 8.15. The van der Waals surface area contributed by atoms with Crippen molar-refractivity contribution in [1.29, 1.82) is 0 Å². The maximum Gasteiger partial charge on any atom is 0.319 e. The predicted molar refractivity (Wildman–Crippen MR) is 103 cm³/mol. The molecular weight excluding hydrogens is 330 g/mol. The fourth-order valence-corrected chi connectivity index (χ4v) is 2.66. The number of amides is 3. The number of urea groups is 1. The van der Waals surface area contributed by atoms with Crippen molar-refractivity contribution in [2.45, 2.75) is 25.8 Å². The molecule has 0 spiro atoms. The number of likely N-dealkylation sites (N-methyl/N-ethyl adjacent to an activating group) is 1. The lowest BCUT2D eigenvalue weighted by atomic mass is 10.0. The minimum atomic E-state index is -0.557. The number of ether oxygens (including phenoxy) is 1. The van der Waals surface area contributed by atoms with Crippen LogP contribution in [0.5, 0.6) is 5.75 Å². The van der Waals surface area contributed by atoms with Gasteiger partial charge in [0.2, 0.25) is 5.91 Å². The molecule has 0 aliphatic rings. The Kier molecular flexibility index (Phi) is 7.02. The first-order valence-corrected chi connectivity index (χ1v) is 8.61. The van der Waals surface area contributed by atoms with Crippen LogP contribution in [0.1, 0.15) is 19.8 Å². The standard InChI is InChI=1S/C20H25N3O3/c1-4-7-18(19(24)21-2)23-20(25)22-17-9-6-5-8-16(17)14-10-12-15(26-3)13-11-14/h5-6,8-13,18H,4,7H2,1-3H3,(H,21,24)(H2,22,23,25)/t18-/m1/s1. The molecule has 0 saturated carbocycles. The molecule has 6 nitrogen and oxygen atoms in total. The van der Waals surface area contributed by atoms with Gasteiger partial charge in [-0.3, -0.25) is 4.79 Å². The second-order valence-electron chi connectivity index (χ2n) is 5.83. The summed E-state index contributed by atoms with van der Waals surface area (Å²) < 4.78 is 5.18. The van der Waals surface area contributed by atoms with E-state index in [1.54, 1.807) is 14.2 Å². The second kappa shape index (κ2) is 9.46. The van der Waals surface area contributed by atoms with E-state index < -0.39 is 12.1 Å². The number of carbonyl (C=O) groups excluding carboxylic acids is 2. The maximum absolute atomic E-state index is 12.4. The Morgan fingerprint density at radius 1 is 1.08 bits per heavy atom. The summed E-state index contributed by atoms with van der Waals surface area (Å²) in [5.41, 5.74) is 2.51. The van der Waals surface area contributed by atoms with Gasteiger partial charge < -0.3 is 20.7 Å². The summed E-state index contributed by atoms with van der Waals surface area (Å²) >= 11 is 0. The molecule has 0 aromatic heterocycles. The minimum absolute atomic E-state index is 0.203. The molecule has 2 aromatic carbocycles. The van der Waals surface area contributed by atoms with Gasteiger partial charge in [-0.05, 0) is 30.2 Å². The van der Waals surface area contributed by atoms with Gasteiger partial charge >= 0.3 is 6.03 Å². The number of carbonyl (C=O) groups is 2. The third-order valence-electron chi connectivity index (χ3n) is 4.02. The van der Waals surface area contributed by atoms with Gasteiger partial charge in [0.1, 0.15) is 11.8 Å². The number of hydrogen-bond donors (Lipinski definition) is 3. The van der Waals surface area contributed by atoms with Crippen LogP contribution in [0.25, 0.3) is 11.1 Å². The van der Waals surface area contributed by atoms with Gasteiger partial charge in [-0.1, -0.05) is 43.7 Å². The third kappa shape index (κ3) is 4.99. The van der Waals surface area contributed by atoms with Crippen molar-refractivity contribution >= 4 is 17.6 Å². The van der Waals surface area contributed by atoms with E-state index in [4.69, 9.17) is 4.74 Å². The summed E-state index contributed by atoms with van der Waals surface area (Å²) in [6.45, 7) is 1.97. The monoisotopic (exact) mass is 355 g/mol. The molecule has 0 heterocycles. The molecule has 0 unspecified atom stereocenters. The predicted octanol–water partition coefficient (Wildman–Crippen LogP) is 3.40. The van der Waals surface area contributed by atoms with Gasteiger partial charge in [0, 0.05) is 12.6 Å². The van der Waals surface area contributed by atoms with E-state index in [-0.39, 0.29) is 5.91 Å². The number of hydrogen-bond acceptors (Lipinski definition) is 3. The van der Waals surface area contributed by atoms with Gasteiger partial charge in [-0.15, -0.1) is 0 Å². The van der Waals surface area contributed by atoms with E-state index in [9.17, 15) is 9.59 Å². The van der Waals surface area contributed by atoms with Gasteiger partial charge in [0.25, 0.3) is 0 Å². The molecule has 0 saturated heterocycles. The van der Waals surface area contributed by atoms with Crippen LogP contribution in [-0.2, 0) is 4.79 Å². The van der Waals surface area contributed by atoms with Crippen molar-refractivity contribution in [3.63, 3.8) is 0 Å². The Bertz CT molecular complexity index is 744. The Hall–Kier alpha value is -3.02. The molecule has 0 aliphatic heterocycles. The number of methoxy groups -OCH3 is 1. The van der Waals surface area contributed by atoms with Crippen LogP contribution in [0.4, 0.5) is 10.5 Å². The van der Waals surface area contributed by atoms with Crippen molar-refractivity contribution in [2.75, 3.05) is 19.5 Å². The first-order chi connectivity index (χ1) is 12.6. The molecule has 2 rings (SSSR count). The normalized spacial score (nSPS) is 11.3. The molecule has 3 amide bonds. The Labute approximate surface area is 153 Å². The van der Waals surface area contributed by atoms with Gasteiger partial charge in [0.05, 0.1) is 12.8 Å². The fourth-order valence-electron chi connectivity index (χ4n) is 2.66. The SMILES string of the molecule is CCC[C@@H](NC(=O)Nc1ccccc1-c1ccc(OC)cc1)C(=O)NC. The summed E-state index contributed by atoms with van der Waals surface area (Å²) in [5.74, 6) is 0.565. The molecular formula is C20H25N3O3. The highest BCUT2D eigenvalue weighted by molar-refractivity contribution is 5.97. The quantitative estimate of drug-likeness (QED) is 0.712.